The van der Waals surface area contributed by atoms with Gasteiger partial charge in [0.05, 0.1) is 16.1 Å². The van der Waals surface area contributed by atoms with Crippen molar-refractivity contribution in [3.8, 4) is 11.8 Å². The monoisotopic (exact) mass is 464 g/mol. The number of carbonyl (C=O) groups excluding carboxylic acids is 1. The molecule has 1 N–H and O–H groups in total. The van der Waals surface area contributed by atoms with Gasteiger partial charge in [-0.1, -0.05) is 83.4 Å². The van der Waals surface area contributed by atoms with Crippen LogP contribution in [0.5, 0.6) is 5.75 Å². The molecule has 0 aromatic heterocycles. The van der Waals surface area contributed by atoms with Gasteiger partial charge in [0.1, 0.15) is 18.2 Å². The van der Waals surface area contributed by atoms with Crippen molar-refractivity contribution < 1.29 is 9.53 Å². The number of ether oxygens (including phenoxy) is 1. The van der Waals surface area contributed by atoms with Crippen molar-refractivity contribution in [1.29, 1.82) is 5.26 Å². The fraction of sp³-hybridized carbons (Fsp3) is 0.154. The van der Waals surface area contributed by atoms with Gasteiger partial charge < -0.3 is 10.1 Å². The maximum absolute atomic E-state index is 12.6. The fourth-order valence-electron chi connectivity index (χ4n) is 3.06. The van der Waals surface area contributed by atoms with E-state index in [9.17, 15) is 10.1 Å². The molecule has 3 rings (SSSR count). The van der Waals surface area contributed by atoms with E-state index >= 15 is 0 Å². The maximum Gasteiger partial charge on any atom is 0.262 e. The molecule has 1 amide bonds. The molecule has 0 aliphatic rings. The van der Waals surface area contributed by atoms with Gasteiger partial charge in [-0.2, -0.15) is 5.26 Å². The largest absolute Gasteiger partial charge is 0.486 e. The van der Waals surface area contributed by atoms with E-state index in [-0.39, 0.29) is 11.6 Å². The smallest absolute Gasteiger partial charge is 0.262 e. The molecule has 32 heavy (non-hydrogen) atoms. The molecular weight excluding hydrogens is 443 g/mol. The molecule has 0 spiro atoms. The van der Waals surface area contributed by atoms with Crippen molar-refractivity contribution >= 4 is 35.2 Å². The molecule has 3 aromatic rings. The topological polar surface area (TPSA) is 62.1 Å². The van der Waals surface area contributed by atoms with Crippen molar-refractivity contribution in [3.63, 3.8) is 0 Å². The highest BCUT2D eigenvalue weighted by atomic mass is 35.5. The molecular formula is C26H22Cl2N2O2. The molecule has 0 aliphatic heterocycles. The number of aryl methyl sites for hydroxylation is 1. The first-order chi connectivity index (χ1) is 15.4. The molecule has 0 aliphatic carbocycles. The number of hydrogen-bond donors (Lipinski definition) is 1. The van der Waals surface area contributed by atoms with E-state index in [2.05, 4.69) is 5.32 Å². The van der Waals surface area contributed by atoms with E-state index in [4.69, 9.17) is 27.9 Å². The van der Waals surface area contributed by atoms with E-state index in [1.54, 1.807) is 12.1 Å². The molecule has 3 aromatic carbocycles. The Bertz CT molecular complexity index is 1140. The summed E-state index contributed by atoms with van der Waals surface area (Å²) >= 11 is 12.7. The number of carbonyl (C=O) groups is 1. The summed E-state index contributed by atoms with van der Waals surface area (Å²) in [7, 11) is 0. The van der Waals surface area contributed by atoms with Crippen LogP contribution in [-0.2, 0) is 11.4 Å². The van der Waals surface area contributed by atoms with Crippen LogP contribution in [-0.4, -0.2) is 5.91 Å². The van der Waals surface area contributed by atoms with Gasteiger partial charge in [0.25, 0.3) is 5.91 Å². The van der Waals surface area contributed by atoms with Crippen LogP contribution in [0, 0.1) is 18.3 Å². The lowest BCUT2D eigenvalue weighted by Crippen LogP contribution is -2.27. The van der Waals surface area contributed by atoms with Crippen LogP contribution in [0.4, 0.5) is 0 Å². The Hall–Kier alpha value is -3.26. The molecule has 0 fully saturated rings. The van der Waals surface area contributed by atoms with Crippen LogP contribution >= 0.6 is 23.2 Å². The van der Waals surface area contributed by atoms with Crippen LogP contribution in [0.25, 0.3) is 6.08 Å². The minimum absolute atomic E-state index is 0.0479. The van der Waals surface area contributed by atoms with Crippen LogP contribution < -0.4 is 10.1 Å². The minimum Gasteiger partial charge on any atom is -0.486 e. The van der Waals surface area contributed by atoms with Gasteiger partial charge in [-0.25, -0.2) is 0 Å². The molecule has 4 nitrogen and oxygen atoms in total. The predicted molar refractivity (Wildman–Crippen MR) is 129 cm³/mol. The van der Waals surface area contributed by atoms with Gasteiger partial charge in [-0.05, 0) is 48.7 Å². The highest BCUT2D eigenvalue weighted by molar-refractivity contribution is 6.37. The van der Waals surface area contributed by atoms with Gasteiger partial charge in [-0.15, -0.1) is 0 Å². The Morgan fingerprint density at radius 2 is 1.72 bits per heavy atom. The molecule has 0 heterocycles. The Labute approximate surface area is 198 Å². The summed E-state index contributed by atoms with van der Waals surface area (Å²) in [6.45, 7) is 4.19. The first kappa shape index (κ1) is 23.4. The molecule has 0 bridgehead atoms. The number of nitrogens with one attached hydrogen (secondary N) is 1. The lowest BCUT2D eigenvalue weighted by molar-refractivity contribution is -0.117. The zero-order valence-corrected chi connectivity index (χ0v) is 19.2. The number of amides is 1. The molecule has 1 atom stereocenters. The lowest BCUT2D eigenvalue weighted by Gasteiger charge is -2.14. The van der Waals surface area contributed by atoms with Crippen molar-refractivity contribution in [1.82, 2.24) is 5.32 Å². The summed E-state index contributed by atoms with van der Waals surface area (Å²) in [5.74, 6) is -0.123. The second-order valence-electron chi connectivity index (χ2n) is 7.36. The van der Waals surface area contributed by atoms with Gasteiger partial charge >= 0.3 is 0 Å². The number of benzene rings is 3. The number of halogens is 2. The standard InChI is InChI=1S/C26H22Cl2N2O2/c1-17-8-10-19(11-9-17)16-32-25-23(27)13-20(14-24(25)28)12-22(15-29)26(31)30-18(2)21-6-4-3-5-7-21/h3-14,18H,16H2,1-2H3,(H,30,31)/b22-12-/t18-/m0/s1. The molecule has 6 heteroatoms. The quantitative estimate of drug-likeness (QED) is 0.313. The van der Waals surface area contributed by atoms with E-state index in [0.717, 1.165) is 16.7 Å². The zero-order valence-electron chi connectivity index (χ0n) is 17.7. The summed E-state index contributed by atoms with van der Waals surface area (Å²) in [6.07, 6.45) is 1.45. The zero-order chi connectivity index (χ0) is 23.1. The van der Waals surface area contributed by atoms with Gasteiger partial charge in [-0.3, -0.25) is 4.79 Å². The van der Waals surface area contributed by atoms with E-state index in [1.807, 2.05) is 74.5 Å². The third kappa shape index (κ3) is 6.13. The third-order valence-corrected chi connectivity index (χ3v) is 5.41. The van der Waals surface area contributed by atoms with E-state index in [1.165, 1.54) is 6.08 Å². The molecule has 0 saturated heterocycles. The number of nitriles is 1. The van der Waals surface area contributed by atoms with Crippen molar-refractivity contribution in [3.05, 3.63) is 105 Å². The lowest BCUT2D eigenvalue weighted by atomic mass is 10.1. The Morgan fingerprint density at radius 1 is 1.09 bits per heavy atom. The Kier molecular flexibility index (Phi) is 7.94. The third-order valence-electron chi connectivity index (χ3n) is 4.85. The first-order valence-corrected chi connectivity index (χ1v) is 10.8. The Balaban J connectivity index is 1.74. The number of hydrogen-bond acceptors (Lipinski definition) is 3. The van der Waals surface area contributed by atoms with Gasteiger partial charge in [0.2, 0.25) is 0 Å². The molecule has 0 saturated carbocycles. The van der Waals surface area contributed by atoms with E-state index in [0.29, 0.717) is 28.0 Å². The molecule has 0 unspecified atom stereocenters. The second-order valence-corrected chi connectivity index (χ2v) is 8.18. The summed E-state index contributed by atoms with van der Waals surface area (Å²) in [5.41, 5.74) is 3.58. The van der Waals surface area contributed by atoms with Gasteiger partial charge in [0, 0.05) is 0 Å². The maximum atomic E-state index is 12.6. The SMILES string of the molecule is Cc1ccc(COc2c(Cl)cc(/C=C(/C#N)C(=O)N[C@@H](C)c3ccccc3)cc2Cl)cc1. The summed E-state index contributed by atoms with van der Waals surface area (Å²) in [6, 6.07) is 22.4. The Morgan fingerprint density at radius 3 is 2.31 bits per heavy atom. The van der Waals surface area contributed by atoms with Gasteiger partial charge in [0.15, 0.2) is 5.75 Å². The molecule has 0 radical (unpaired) electrons. The van der Waals surface area contributed by atoms with Crippen LogP contribution in [0.15, 0.2) is 72.3 Å². The van der Waals surface area contributed by atoms with Crippen LogP contribution in [0.1, 0.15) is 35.2 Å². The predicted octanol–water partition coefficient (Wildman–Crippen LogP) is 6.67. The highest BCUT2D eigenvalue weighted by Gasteiger charge is 2.15. The highest BCUT2D eigenvalue weighted by Crippen LogP contribution is 2.35. The normalized spacial score (nSPS) is 12.0. The summed E-state index contributed by atoms with van der Waals surface area (Å²) < 4.78 is 5.80. The number of nitrogens with zero attached hydrogens (tertiary/aromatic N) is 1. The minimum atomic E-state index is -0.476. The second kappa shape index (κ2) is 10.9. The first-order valence-electron chi connectivity index (χ1n) is 10.0. The van der Waals surface area contributed by atoms with Crippen molar-refractivity contribution in [2.75, 3.05) is 0 Å². The molecule has 162 valence electrons. The number of rotatable bonds is 7. The average molecular weight is 465 g/mol. The van der Waals surface area contributed by atoms with Crippen LogP contribution in [0.2, 0.25) is 10.0 Å². The fourth-order valence-corrected chi connectivity index (χ4v) is 3.67. The van der Waals surface area contributed by atoms with Crippen LogP contribution in [0.3, 0.4) is 0 Å². The average Bonchev–Trinajstić information content (AvgIpc) is 2.78. The summed E-state index contributed by atoms with van der Waals surface area (Å²) in [4.78, 5) is 12.6. The summed E-state index contributed by atoms with van der Waals surface area (Å²) in [5, 5.41) is 12.9. The van der Waals surface area contributed by atoms with E-state index < -0.39 is 5.91 Å². The van der Waals surface area contributed by atoms with Crippen molar-refractivity contribution in [2.24, 2.45) is 0 Å². The van der Waals surface area contributed by atoms with Crippen molar-refractivity contribution in [2.45, 2.75) is 26.5 Å².